The van der Waals surface area contributed by atoms with Crippen molar-refractivity contribution in [2.75, 3.05) is 18.2 Å². The number of benzene rings is 1. The molecule has 156 valence electrons. The Bertz CT molecular complexity index is 969. The van der Waals surface area contributed by atoms with E-state index in [1.807, 2.05) is 0 Å². The Balaban J connectivity index is 1.91. The van der Waals surface area contributed by atoms with Gasteiger partial charge in [0.25, 0.3) is 5.91 Å². The third-order valence-electron chi connectivity index (χ3n) is 4.73. The monoisotopic (exact) mass is 423 g/mol. The van der Waals surface area contributed by atoms with Gasteiger partial charge in [0.2, 0.25) is 5.88 Å². The van der Waals surface area contributed by atoms with E-state index in [4.69, 9.17) is 10.5 Å². The lowest BCUT2D eigenvalue weighted by molar-refractivity contribution is 0.102. The maximum Gasteiger partial charge on any atom is 0.275 e. The first kappa shape index (κ1) is 21.0. The summed E-state index contributed by atoms with van der Waals surface area (Å²) in [5.74, 6) is -1.02. The minimum absolute atomic E-state index is 0.0427. The van der Waals surface area contributed by atoms with Gasteiger partial charge in [-0.05, 0) is 32.0 Å². The number of amidine groups is 1. The highest BCUT2D eigenvalue weighted by Crippen LogP contribution is 2.53. The molecule has 0 saturated heterocycles. The van der Waals surface area contributed by atoms with Crippen LogP contribution in [0, 0.1) is 5.82 Å². The van der Waals surface area contributed by atoms with Crippen molar-refractivity contribution in [2.24, 2.45) is 10.7 Å². The Labute approximate surface area is 168 Å². The topological polar surface area (TPSA) is 143 Å². The summed E-state index contributed by atoms with van der Waals surface area (Å²) in [6.45, 7) is 3.13. The number of carbonyl (C=O) groups excluding carboxylic acids is 1. The van der Waals surface area contributed by atoms with Gasteiger partial charge in [-0.1, -0.05) is 0 Å². The summed E-state index contributed by atoms with van der Waals surface area (Å²) in [5.41, 5.74) is 5.00. The molecule has 2 atom stereocenters. The molecule has 9 nitrogen and oxygen atoms in total. The zero-order valence-corrected chi connectivity index (χ0v) is 16.9. The van der Waals surface area contributed by atoms with E-state index in [2.05, 4.69) is 20.3 Å². The van der Waals surface area contributed by atoms with Crippen molar-refractivity contribution in [1.82, 2.24) is 9.97 Å². The second kappa shape index (κ2) is 7.58. The van der Waals surface area contributed by atoms with Crippen LogP contribution in [-0.2, 0) is 5.54 Å². The lowest BCUT2D eigenvalue weighted by Gasteiger charge is -2.47. The molecule has 1 aliphatic rings. The number of amides is 1. The van der Waals surface area contributed by atoms with Crippen molar-refractivity contribution in [2.45, 2.75) is 24.6 Å². The zero-order valence-electron chi connectivity index (χ0n) is 16.1. The Kier molecular flexibility index (Phi) is 5.48. The molecule has 1 aliphatic heterocycles. The van der Waals surface area contributed by atoms with Crippen LogP contribution in [0.5, 0.6) is 5.88 Å². The Morgan fingerprint density at radius 3 is 2.69 bits per heavy atom. The fraction of sp³-hybridized carbons (Fsp3) is 0.333. The number of rotatable bonds is 4. The molecule has 0 bridgehead atoms. The number of methoxy groups -OCH3 is 1. The summed E-state index contributed by atoms with van der Waals surface area (Å²) < 4.78 is 40.2. The van der Waals surface area contributed by atoms with Crippen molar-refractivity contribution in [3.63, 3.8) is 0 Å². The molecule has 2 heterocycles. The van der Waals surface area contributed by atoms with Crippen LogP contribution in [0.3, 0.4) is 0 Å². The molecule has 1 unspecified atom stereocenters. The number of anilines is 1. The van der Waals surface area contributed by atoms with Gasteiger partial charge in [-0.25, -0.2) is 14.4 Å². The third-order valence-corrected chi connectivity index (χ3v) is 7.09. The molecular formula is C18H22FN5O4S. The summed E-state index contributed by atoms with van der Waals surface area (Å²) in [5, 5.41) is 1.90. The lowest BCUT2D eigenvalue weighted by atomic mass is 9.93. The van der Waals surface area contributed by atoms with Crippen LogP contribution < -0.4 is 15.8 Å². The normalized spacial score (nSPS) is 24.3. The maximum atomic E-state index is 14.6. The van der Waals surface area contributed by atoms with Gasteiger partial charge in [-0.15, -0.1) is 0 Å². The number of aromatic nitrogens is 2. The molecular weight excluding hydrogens is 401 g/mol. The summed E-state index contributed by atoms with van der Waals surface area (Å²) in [6, 6.07) is 3.95. The summed E-state index contributed by atoms with van der Waals surface area (Å²) in [4.78, 5) is 24.6. The van der Waals surface area contributed by atoms with Crippen LogP contribution in [0.25, 0.3) is 0 Å². The molecule has 0 aliphatic carbocycles. The Morgan fingerprint density at radius 1 is 1.38 bits per heavy atom. The zero-order chi connectivity index (χ0) is 21.4. The maximum absolute atomic E-state index is 14.6. The highest BCUT2D eigenvalue weighted by Gasteiger charge is 2.42. The number of aliphatic imine (C=N–C) groups is 1. The second-order valence-corrected chi connectivity index (χ2v) is 9.34. The first-order valence-corrected chi connectivity index (χ1v) is 10.4. The number of hydrogen-bond donors (Lipinski definition) is 4. The molecule has 11 heteroatoms. The van der Waals surface area contributed by atoms with Gasteiger partial charge in [0.15, 0.2) is 0 Å². The van der Waals surface area contributed by atoms with Gasteiger partial charge in [-0.3, -0.25) is 18.9 Å². The number of nitrogens with zero attached hydrogens (tertiary/aromatic N) is 3. The van der Waals surface area contributed by atoms with Crippen LogP contribution in [0.2, 0.25) is 0 Å². The van der Waals surface area contributed by atoms with Gasteiger partial charge in [0.05, 0.1) is 25.3 Å². The van der Waals surface area contributed by atoms with E-state index < -0.39 is 33.1 Å². The smallest absolute Gasteiger partial charge is 0.275 e. The van der Waals surface area contributed by atoms with E-state index in [1.54, 1.807) is 13.8 Å². The van der Waals surface area contributed by atoms with Crippen LogP contribution in [-0.4, -0.2) is 48.9 Å². The standard InChI is InChI=1S/C18H22FN5O4S/c1-10-16(20)24-18(2,9-29(10,26)27)12-6-11(4-5-13(12)19)23-17(25)14-7-22-15(28-3)8-21-14/h4-8,10,26-27H,9H2,1-3H3,(H2,20,24)(H,23,25)/t10?,18-/m0/s1. The molecule has 0 spiro atoms. The highest BCUT2D eigenvalue weighted by molar-refractivity contribution is 8.25. The average molecular weight is 423 g/mol. The predicted molar refractivity (Wildman–Crippen MR) is 109 cm³/mol. The van der Waals surface area contributed by atoms with Crippen molar-refractivity contribution >= 4 is 28.0 Å². The third kappa shape index (κ3) is 4.16. The lowest BCUT2D eigenvalue weighted by Crippen LogP contribution is -2.45. The summed E-state index contributed by atoms with van der Waals surface area (Å²) >= 11 is 0. The first-order chi connectivity index (χ1) is 13.6. The Hall–Kier alpha value is -2.76. The molecule has 5 N–H and O–H groups in total. The minimum atomic E-state index is -3.11. The second-order valence-electron chi connectivity index (χ2n) is 6.91. The quantitative estimate of drug-likeness (QED) is 0.592. The number of carbonyl (C=O) groups is 1. The average Bonchev–Trinajstić information content (AvgIpc) is 2.67. The van der Waals surface area contributed by atoms with E-state index >= 15 is 0 Å². The van der Waals surface area contributed by atoms with E-state index in [1.165, 1.54) is 37.7 Å². The highest BCUT2D eigenvalue weighted by atomic mass is 32.3. The van der Waals surface area contributed by atoms with E-state index in [0.717, 1.165) is 0 Å². The van der Waals surface area contributed by atoms with Gasteiger partial charge in [0, 0.05) is 11.3 Å². The SMILES string of the molecule is COc1cnc(C(=O)Nc2ccc(F)c([C@]3(C)CS(O)(O)C(C)C(N)=N3)c2)cn1. The molecule has 0 radical (unpaired) electrons. The predicted octanol–water partition coefficient (Wildman–Crippen LogP) is 2.60. The summed E-state index contributed by atoms with van der Waals surface area (Å²) in [7, 11) is -1.68. The fourth-order valence-electron chi connectivity index (χ4n) is 3.03. The number of ether oxygens (including phenoxy) is 1. The molecule has 0 saturated carbocycles. The Morgan fingerprint density at radius 2 is 2.10 bits per heavy atom. The molecule has 1 aromatic carbocycles. The van der Waals surface area contributed by atoms with Gasteiger partial charge in [-0.2, -0.15) is 10.6 Å². The summed E-state index contributed by atoms with van der Waals surface area (Å²) in [6.07, 6.45) is 2.56. The fourth-order valence-corrected chi connectivity index (χ4v) is 4.76. The van der Waals surface area contributed by atoms with Crippen molar-refractivity contribution < 1.29 is 23.0 Å². The largest absolute Gasteiger partial charge is 0.480 e. The minimum Gasteiger partial charge on any atom is -0.480 e. The van der Waals surface area contributed by atoms with E-state index in [0.29, 0.717) is 0 Å². The number of hydrogen-bond acceptors (Lipinski definition) is 8. The van der Waals surface area contributed by atoms with Crippen LogP contribution in [0.4, 0.5) is 10.1 Å². The molecule has 2 aromatic rings. The first-order valence-electron chi connectivity index (χ1n) is 8.63. The molecule has 1 aromatic heterocycles. The number of halogens is 1. The van der Waals surface area contributed by atoms with Gasteiger partial charge in [0.1, 0.15) is 28.1 Å². The van der Waals surface area contributed by atoms with Crippen molar-refractivity contribution in [3.05, 3.63) is 47.7 Å². The molecule has 3 rings (SSSR count). The number of nitrogens with one attached hydrogen (secondary N) is 1. The van der Waals surface area contributed by atoms with Crippen LogP contribution in [0.1, 0.15) is 29.9 Å². The van der Waals surface area contributed by atoms with Crippen LogP contribution in [0.15, 0.2) is 35.6 Å². The van der Waals surface area contributed by atoms with Gasteiger partial charge >= 0.3 is 0 Å². The van der Waals surface area contributed by atoms with E-state index in [-0.39, 0.29) is 34.4 Å². The molecule has 1 amide bonds. The van der Waals surface area contributed by atoms with Crippen molar-refractivity contribution in [3.8, 4) is 5.88 Å². The molecule has 29 heavy (non-hydrogen) atoms. The van der Waals surface area contributed by atoms with Gasteiger partial charge < -0.3 is 15.8 Å². The van der Waals surface area contributed by atoms with Crippen LogP contribution >= 0.6 is 10.6 Å². The van der Waals surface area contributed by atoms with E-state index in [9.17, 15) is 18.3 Å². The molecule has 0 fully saturated rings. The van der Waals surface area contributed by atoms with Crippen molar-refractivity contribution in [1.29, 1.82) is 0 Å². The number of nitrogens with two attached hydrogens (primary N) is 1.